The number of hydrogen-bond donors (Lipinski definition) is 1. The van der Waals surface area contributed by atoms with E-state index in [2.05, 4.69) is 50.2 Å². The van der Waals surface area contributed by atoms with Gasteiger partial charge in [0.25, 0.3) is 0 Å². The Kier molecular flexibility index (Phi) is 5.58. The van der Waals surface area contributed by atoms with Crippen LogP contribution in [0.4, 0.5) is 4.39 Å². The van der Waals surface area contributed by atoms with Crippen LogP contribution >= 0.6 is 31.9 Å². The van der Waals surface area contributed by atoms with Gasteiger partial charge in [-0.3, -0.25) is 0 Å². The molecule has 1 unspecified atom stereocenters. The van der Waals surface area contributed by atoms with E-state index < -0.39 is 0 Å². The molecule has 0 saturated heterocycles. The van der Waals surface area contributed by atoms with Crippen LogP contribution in [0, 0.1) is 19.7 Å². The molecule has 0 bridgehead atoms. The monoisotopic (exact) mass is 413 g/mol. The fourth-order valence-electron chi connectivity index (χ4n) is 2.49. The highest BCUT2D eigenvalue weighted by atomic mass is 79.9. The number of rotatable bonds is 4. The summed E-state index contributed by atoms with van der Waals surface area (Å²) in [5.74, 6) is -0.121. The summed E-state index contributed by atoms with van der Waals surface area (Å²) in [5.41, 5.74) is 3.59. The Labute approximate surface area is 142 Å². The third-order valence-corrected chi connectivity index (χ3v) is 4.65. The summed E-state index contributed by atoms with van der Waals surface area (Å²) in [6.07, 6.45) is 0. The average Bonchev–Trinajstić information content (AvgIpc) is 2.42. The van der Waals surface area contributed by atoms with Crippen LogP contribution < -0.4 is 5.32 Å². The minimum atomic E-state index is -0.121. The second-order valence-corrected chi connectivity index (χ2v) is 6.90. The maximum atomic E-state index is 13.9. The van der Waals surface area contributed by atoms with E-state index in [0.717, 1.165) is 26.6 Å². The van der Waals surface area contributed by atoms with Crippen molar-refractivity contribution in [3.8, 4) is 0 Å². The van der Waals surface area contributed by atoms with Gasteiger partial charge in [0, 0.05) is 8.95 Å². The maximum absolute atomic E-state index is 13.9. The first-order valence-electron chi connectivity index (χ1n) is 6.89. The predicted molar refractivity (Wildman–Crippen MR) is 93.2 cm³/mol. The topological polar surface area (TPSA) is 12.0 Å². The molecule has 0 fully saturated rings. The van der Waals surface area contributed by atoms with E-state index in [1.807, 2.05) is 38.1 Å². The molecule has 0 spiro atoms. The maximum Gasteiger partial charge on any atom is 0.129 e. The van der Waals surface area contributed by atoms with Gasteiger partial charge >= 0.3 is 0 Å². The van der Waals surface area contributed by atoms with Crippen molar-refractivity contribution in [2.75, 3.05) is 6.54 Å². The lowest BCUT2D eigenvalue weighted by molar-refractivity contribution is 0.598. The molecule has 1 N–H and O–H groups in total. The summed E-state index contributed by atoms with van der Waals surface area (Å²) in [6.45, 7) is 6.53. The highest BCUT2D eigenvalue weighted by Crippen LogP contribution is 2.32. The van der Waals surface area contributed by atoms with Gasteiger partial charge in [-0.1, -0.05) is 57.0 Å². The zero-order valence-corrected chi connectivity index (χ0v) is 15.5. The van der Waals surface area contributed by atoms with Crippen molar-refractivity contribution in [2.45, 2.75) is 26.8 Å². The van der Waals surface area contributed by atoms with Crippen LogP contribution in [0.2, 0.25) is 0 Å². The molecule has 21 heavy (non-hydrogen) atoms. The molecule has 0 aromatic heterocycles. The third kappa shape index (κ3) is 3.74. The summed E-state index contributed by atoms with van der Waals surface area (Å²) >= 11 is 7.10. The van der Waals surface area contributed by atoms with Crippen molar-refractivity contribution < 1.29 is 4.39 Å². The van der Waals surface area contributed by atoms with E-state index in [9.17, 15) is 4.39 Å². The fraction of sp³-hybridized carbons (Fsp3) is 0.294. The van der Waals surface area contributed by atoms with Crippen LogP contribution in [0.25, 0.3) is 0 Å². The molecular weight excluding hydrogens is 397 g/mol. The smallest absolute Gasteiger partial charge is 0.129 e. The van der Waals surface area contributed by atoms with Crippen molar-refractivity contribution in [3.05, 3.63) is 67.3 Å². The highest BCUT2D eigenvalue weighted by Gasteiger charge is 2.18. The number of nitrogens with one attached hydrogen (secondary N) is 1. The first kappa shape index (κ1) is 16.7. The van der Waals surface area contributed by atoms with Crippen LogP contribution in [0.15, 0.2) is 39.3 Å². The highest BCUT2D eigenvalue weighted by molar-refractivity contribution is 9.11. The Balaban J connectivity index is 2.53. The molecule has 0 saturated carbocycles. The Morgan fingerprint density at radius 1 is 1.10 bits per heavy atom. The Bertz CT molecular complexity index is 632. The van der Waals surface area contributed by atoms with Gasteiger partial charge in [0.1, 0.15) is 5.82 Å². The van der Waals surface area contributed by atoms with Gasteiger partial charge in [-0.15, -0.1) is 0 Å². The molecule has 0 radical (unpaired) electrons. The van der Waals surface area contributed by atoms with Gasteiger partial charge in [0.2, 0.25) is 0 Å². The molecule has 2 rings (SSSR count). The molecule has 112 valence electrons. The van der Waals surface area contributed by atoms with Crippen LogP contribution in [-0.2, 0) is 0 Å². The number of halogens is 3. The largest absolute Gasteiger partial charge is 0.306 e. The minimum absolute atomic E-state index is 0.0375. The molecular formula is C17H18Br2FN. The molecule has 1 atom stereocenters. The minimum Gasteiger partial charge on any atom is -0.306 e. The normalized spacial score (nSPS) is 12.5. The van der Waals surface area contributed by atoms with Gasteiger partial charge in [0.15, 0.2) is 0 Å². The molecule has 0 amide bonds. The van der Waals surface area contributed by atoms with Crippen LogP contribution in [-0.4, -0.2) is 6.54 Å². The van der Waals surface area contributed by atoms with Gasteiger partial charge in [-0.2, -0.15) is 0 Å². The number of hydrogen-bond acceptors (Lipinski definition) is 1. The summed E-state index contributed by atoms with van der Waals surface area (Å²) in [6, 6.07) is 10.0. The first-order valence-corrected chi connectivity index (χ1v) is 8.47. The molecule has 0 aliphatic heterocycles. The van der Waals surface area contributed by atoms with Crippen LogP contribution in [0.3, 0.4) is 0 Å². The van der Waals surface area contributed by atoms with Crippen molar-refractivity contribution in [1.29, 1.82) is 0 Å². The Hall–Kier alpha value is -0.710. The SMILES string of the molecule is CCNC(c1cc(C)c(F)c(C)c1)c1ccc(Br)cc1Br. The molecule has 1 nitrogen and oxygen atoms in total. The number of aryl methyl sites for hydroxylation is 2. The number of benzene rings is 2. The average molecular weight is 415 g/mol. The van der Waals surface area contributed by atoms with Crippen molar-refractivity contribution in [2.24, 2.45) is 0 Å². The lowest BCUT2D eigenvalue weighted by Gasteiger charge is -2.22. The Morgan fingerprint density at radius 2 is 1.71 bits per heavy atom. The lowest BCUT2D eigenvalue weighted by Crippen LogP contribution is -2.22. The van der Waals surface area contributed by atoms with E-state index in [4.69, 9.17) is 0 Å². The molecule has 0 aliphatic rings. The summed E-state index contributed by atoms with van der Waals surface area (Å²) in [5, 5.41) is 3.48. The van der Waals surface area contributed by atoms with E-state index >= 15 is 0 Å². The van der Waals surface area contributed by atoms with Crippen LogP contribution in [0.5, 0.6) is 0 Å². The third-order valence-electron chi connectivity index (χ3n) is 3.47. The predicted octanol–water partition coefficient (Wildman–Crippen LogP) is 5.67. The van der Waals surface area contributed by atoms with Gasteiger partial charge < -0.3 is 5.32 Å². The summed E-state index contributed by atoms with van der Waals surface area (Å²) in [7, 11) is 0. The molecule has 4 heteroatoms. The zero-order valence-electron chi connectivity index (χ0n) is 12.3. The quantitative estimate of drug-likeness (QED) is 0.679. The zero-order chi connectivity index (χ0) is 15.6. The molecule has 2 aromatic carbocycles. The van der Waals surface area contributed by atoms with Gasteiger partial charge in [-0.05, 0) is 54.8 Å². The van der Waals surface area contributed by atoms with Crippen LogP contribution in [0.1, 0.15) is 35.2 Å². The summed E-state index contributed by atoms with van der Waals surface area (Å²) < 4.78 is 15.9. The molecule has 2 aromatic rings. The second-order valence-electron chi connectivity index (χ2n) is 5.13. The Morgan fingerprint density at radius 3 is 2.24 bits per heavy atom. The molecule has 0 aliphatic carbocycles. The van der Waals surface area contributed by atoms with E-state index in [0.29, 0.717) is 11.1 Å². The molecule has 0 heterocycles. The standard InChI is InChI=1S/C17H18Br2FN/c1-4-21-17(14-6-5-13(18)9-15(14)19)12-7-10(2)16(20)11(3)8-12/h5-9,17,21H,4H2,1-3H3. The first-order chi connectivity index (χ1) is 9.93. The van der Waals surface area contributed by atoms with Crippen molar-refractivity contribution in [1.82, 2.24) is 5.32 Å². The van der Waals surface area contributed by atoms with E-state index in [1.54, 1.807) is 0 Å². The fourth-order valence-corrected chi connectivity index (χ4v) is 3.77. The lowest BCUT2D eigenvalue weighted by atomic mass is 9.95. The second kappa shape index (κ2) is 7.03. The van der Waals surface area contributed by atoms with E-state index in [-0.39, 0.29) is 11.9 Å². The van der Waals surface area contributed by atoms with Gasteiger partial charge in [-0.25, -0.2) is 4.39 Å². The van der Waals surface area contributed by atoms with E-state index in [1.165, 1.54) is 0 Å². The van der Waals surface area contributed by atoms with Crippen molar-refractivity contribution >= 4 is 31.9 Å². The van der Waals surface area contributed by atoms with Crippen molar-refractivity contribution in [3.63, 3.8) is 0 Å². The summed E-state index contributed by atoms with van der Waals surface area (Å²) in [4.78, 5) is 0. The van der Waals surface area contributed by atoms with Gasteiger partial charge in [0.05, 0.1) is 6.04 Å².